The lowest BCUT2D eigenvalue weighted by molar-refractivity contribution is -0.134. The Morgan fingerprint density at radius 2 is 1.90 bits per heavy atom. The highest BCUT2D eigenvalue weighted by atomic mass is 16.3. The van der Waals surface area contributed by atoms with E-state index in [1.165, 1.54) is 0 Å². The maximum atomic E-state index is 12.3. The van der Waals surface area contributed by atoms with Gasteiger partial charge in [-0.15, -0.1) is 0 Å². The Hall–Kier alpha value is -1.81. The summed E-state index contributed by atoms with van der Waals surface area (Å²) in [4.78, 5) is 13.9. The van der Waals surface area contributed by atoms with Crippen LogP contribution in [0.5, 0.6) is 0 Å². The Bertz CT molecular complexity index is 570. The fourth-order valence-electron chi connectivity index (χ4n) is 2.11. The number of nitrogens with zero attached hydrogens (tertiary/aromatic N) is 1. The number of furan rings is 1. The van der Waals surface area contributed by atoms with Gasteiger partial charge in [0.1, 0.15) is 11.3 Å². The first-order valence-electron chi connectivity index (χ1n) is 6.92. The first-order valence-corrected chi connectivity index (χ1v) is 6.92. The highest BCUT2D eigenvalue weighted by molar-refractivity contribution is 5.82. The Balaban J connectivity index is 2.21. The van der Waals surface area contributed by atoms with Crippen LogP contribution in [0.1, 0.15) is 32.6 Å². The summed E-state index contributed by atoms with van der Waals surface area (Å²) in [6.07, 6.45) is 0. The zero-order chi connectivity index (χ0) is 14.9. The minimum atomic E-state index is -0.480. The van der Waals surface area contributed by atoms with E-state index in [1.807, 2.05) is 51.1 Å². The summed E-state index contributed by atoms with van der Waals surface area (Å²) >= 11 is 0. The summed E-state index contributed by atoms with van der Waals surface area (Å²) in [6, 6.07) is 9.18. The van der Waals surface area contributed by atoms with E-state index in [0.717, 1.165) is 16.7 Å². The highest BCUT2D eigenvalue weighted by Crippen LogP contribution is 2.27. The third kappa shape index (κ3) is 2.70. The molecule has 2 aromatic rings. The number of carbonyl (C=O) groups is 1. The van der Waals surface area contributed by atoms with Crippen molar-refractivity contribution in [3.8, 4) is 0 Å². The molecule has 2 unspecified atom stereocenters. The molecule has 0 bridgehead atoms. The zero-order valence-corrected chi connectivity index (χ0v) is 12.5. The molecular weight excluding hydrogens is 252 g/mol. The lowest BCUT2D eigenvalue weighted by Gasteiger charge is -2.27. The van der Waals surface area contributed by atoms with E-state index in [9.17, 15) is 4.79 Å². The predicted molar refractivity (Wildman–Crippen MR) is 80.2 cm³/mol. The number of rotatable bonds is 4. The highest BCUT2D eigenvalue weighted by Gasteiger charge is 2.26. The van der Waals surface area contributed by atoms with E-state index >= 15 is 0 Å². The molecule has 2 rings (SSSR count). The fraction of sp³-hybridized carbons (Fsp3) is 0.438. The van der Waals surface area contributed by atoms with Crippen molar-refractivity contribution in [2.24, 2.45) is 11.7 Å². The van der Waals surface area contributed by atoms with E-state index in [0.29, 0.717) is 0 Å². The standard InChI is InChI=1S/C16H22N2O2/c1-10(2)15(17)16(19)18(4)11(3)14-9-12-7-5-6-8-13(12)20-14/h5-11,15H,17H2,1-4H3. The van der Waals surface area contributed by atoms with Gasteiger partial charge in [-0.05, 0) is 25.0 Å². The number of hydrogen-bond acceptors (Lipinski definition) is 3. The molecule has 1 aromatic carbocycles. The number of benzene rings is 1. The van der Waals surface area contributed by atoms with Crippen LogP contribution >= 0.6 is 0 Å². The Morgan fingerprint density at radius 3 is 2.50 bits per heavy atom. The summed E-state index contributed by atoms with van der Waals surface area (Å²) in [5, 5.41) is 1.04. The Kier molecular flexibility index (Phi) is 4.14. The van der Waals surface area contributed by atoms with E-state index < -0.39 is 6.04 Å². The van der Waals surface area contributed by atoms with Gasteiger partial charge in [-0.1, -0.05) is 32.0 Å². The van der Waals surface area contributed by atoms with Gasteiger partial charge in [0.15, 0.2) is 0 Å². The lowest BCUT2D eigenvalue weighted by Crippen LogP contribution is -2.45. The molecule has 0 saturated heterocycles. The van der Waals surface area contributed by atoms with Gasteiger partial charge in [-0.3, -0.25) is 4.79 Å². The van der Waals surface area contributed by atoms with Gasteiger partial charge in [0.2, 0.25) is 5.91 Å². The molecule has 4 nitrogen and oxygen atoms in total. The van der Waals surface area contributed by atoms with Crippen molar-refractivity contribution >= 4 is 16.9 Å². The van der Waals surface area contributed by atoms with Crippen molar-refractivity contribution in [1.29, 1.82) is 0 Å². The van der Waals surface area contributed by atoms with Gasteiger partial charge < -0.3 is 15.1 Å². The number of para-hydroxylation sites is 1. The van der Waals surface area contributed by atoms with Crippen LogP contribution in [-0.2, 0) is 4.79 Å². The van der Waals surface area contributed by atoms with Crippen molar-refractivity contribution < 1.29 is 9.21 Å². The SMILES string of the molecule is CC(C)C(N)C(=O)N(C)C(C)c1cc2ccccc2o1. The second-order valence-corrected chi connectivity index (χ2v) is 5.58. The minimum absolute atomic E-state index is 0.0621. The molecule has 0 fully saturated rings. The van der Waals surface area contributed by atoms with Crippen LogP contribution in [0.2, 0.25) is 0 Å². The summed E-state index contributed by atoms with van der Waals surface area (Å²) in [7, 11) is 1.77. The largest absolute Gasteiger partial charge is 0.459 e. The van der Waals surface area contributed by atoms with Crippen LogP contribution in [0.25, 0.3) is 11.0 Å². The molecule has 4 heteroatoms. The maximum absolute atomic E-state index is 12.3. The number of hydrogen-bond donors (Lipinski definition) is 1. The number of likely N-dealkylation sites (N-methyl/N-ethyl adjacent to an activating group) is 1. The molecule has 1 amide bonds. The van der Waals surface area contributed by atoms with Crippen molar-refractivity contribution in [3.63, 3.8) is 0 Å². The topological polar surface area (TPSA) is 59.5 Å². The summed E-state index contributed by atoms with van der Waals surface area (Å²) in [5.41, 5.74) is 6.77. The van der Waals surface area contributed by atoms with Gasteiger partial charge in [-0.2, -0.15) is 0 Å². The van der Waals surface area contributed by atoms with E-state index in [1.54, 1.807) is 11.9 Å². The van der Waals surface area contributed by atoms with Crippen molar-refractivity contribution in [1.82, 2.24) is 4.90 Å². The zero-order valence-electron chi connectivity index (χ0n) is 12.5. The molecule has 0 radical (unpaired) electrons. The molecular formula is C16H22N2O2. The van der Waals surface area contributed by atoms with Crippen LogP contribution in [0, 0.1) is 5.92 Å². The average Bonchev–Trinajstić information content (AvgIpc) is 2.87. The monoisotopic (exact) mass is 274 g/mol. The van der Waals surface area contributed by atoms with E-state index in [2.05, 4.69) is 0 Å². The molecule has 108 valence electrons. The first-order chi connectivity index (χ1) is 9.41. The molecule has 0 aliphatic rings. The minimum Gasteiger partial charge on any atom is -0.459 e. The third-order valence-corrected chi connectivity index (χ3v) is 3.79. The normalized spacial score (nSPS) is 14.5. The number of fused-ring (bicyclic) bond motifs is 1. The molecule has 20 heavy (non-hydrogen) atoms. The van der Waals surface area contributed by atoms with Crippen LogP contribution in [0.3, 0.4) is 0 Å². The van der Waals surface area contributed by atoms with Crippen LogP contribution in [-0.4, -0.2) is 23.9 Å². The lowest BCUT2D eigenvalue weighted by atomic mass is 10.0. The smallest absolute Gasteiger partial charge is 0.240 e. The molecule has 1 heterocycles. The average molecular weight is 274 g/mol. The van der Waals surface area contributed by atoms with Gasteiger partial charge >= 0.3 is 0 Å². The molecule has 1 aromatic heterocycles. The van der Waals surface area contributed by atoms with E-state index in [-0.39, 0.29) is 17.9 Å². The summed E-state index contributed by atoms with van der Waals surface area (Å²) in [5.74, 6) is 0.832. The second kappa shape index (κ2) is 5.67. The first kappa shape index (κ1) is 14.6. The molecule has 0 saturated carbocycles. The number of amides is 1. The Labute approximate surface area is 119 Å². The van der Waals surface area contributed by atoms with E-state index in [4.69, 9.17) is 10.2 Å². The van der Waals surface area contributed by atoms with Gasteiger partial charge in [0.05, 0.1) is 12.1 Å². The quantitative estimate of drug-likeness (QED) is 0.932. The molecule has 0 spiro atoms. The van der Waals surface area contributed by atoms with Crippen molar-refractivity contribution in [3.05, 3.63) is 36.1 Å². The molecule has 2 N–H and O–H groups in total. The maximum Gasteiger partial charge on any atom is 0.240 e. The molecule has 0 aliphatic heterocycles. The van der Waals surface area contributed by atoms with Gasteiger partial charge in [0, 0.05) is 12.4 Å². The van der Waals surface area contributed by atoms with Gasteiger partial charge in [0.25, 0.3) is 0 Å². The summed E-state index contributed by atoms with van der Waals surface area (Å²) in [6.45, 7) is 5.84. The third-order valence-electron chi connectivity index (χ3n) is 3.79. The Morgan fingerprint density at radius 1 is 1.25 bits per heavy atom. The van der Waals surface area contributed by atoms with Gasteiger partial charge in [-0.25, -0.2) is 0 Å². The second-order valence-electron chi connectivity index (χ2n) is 5.58. The van der Waals surface area contributed by atoms with Crippen LogP contribution in [0.15, 0.2) is 34.7 Å². The van der Waals surface area contributed by atoms with Crippen molar-refractivity contribution in [2.45, 2.75) is 32.9 Å². The number of nitrogens with two attached hydrogens (primary N) is 1. The van der Waals surface area contributed by atoms with Crippen LogP contribution in [0.4, 0.5) is 0 Å². The molecule has 2 atom stereocenters. The number of carbonyl (C=O) groups excluding carboxylic acids is 1. The fourth-order valence-corrected chi connectivity index (χ4v) is 2.11. The van der Waals surface area contributed by atoms with Crippen molar-refractivity contribution in [2.75, 3.05) is 7.05 Å². The predicted octanol–water partition coefficient (Wildman–Crippen LogP) is 2.94. The summed E-state index contributed by atoms with van der Waals surface area (Å²) < 4.78 is 5.81. The van der Waals surface area contributed by atoms with Crippen LogP contribution < -0.4 is 5.73 Å². The molecule has 0 aliphatic carbocycles.